The lowest BCUT2D eigenvalue weighted by Crippen LogP contribution is -2.32. The number of halogens is 3. The van der Waals surface area contributed by atoms with Crippen LogP contribution >= 0.6 is 0 Å². The molecule has 0 saturated heterocycles. The molecule has 1 aliphatic carbocycles. The molecule has 1 fully saturated rings. The lowest BCUT2D eigenvalue weighted by molar-refractivity contribution is -0.0361. The summed E-state index contributed by atoms with van der Waals surface area (Å²) in [4.78, 5) is 8.54. The average Bonchev–Trinajstić information content (AvgIpc) is 2.96. The van der Waals surface area contributed by atoms with Crippen LogP contribution in [0.5, 0.6) is 0 Å². The molecule has 2 aromatic rings. The molecule has 0 amide bonds. The van der Waals surface area contributed by atoms with Gasteiger partial charge in [0.15, 0.2) is 0 Å². The Morgan fingerprint density at radius 3 is 2.58 bits per heavy atom. The molecule has 24 heavy (non-hydrogen) atoms. The molecule has 0 aliphatic heterocycles. The molecule has 0 bridgehead atoms. The number of nitrogens with zero attached hydrogens (tertiary/aromatic N) is 4. The zero-order valence-electron chi connectivity index (χ0n) is 13.6. The Hall–Kier alpha value is -2.12. The van der Waals surface area contributed by atoms with Crippen molar-refractivity contribution in [3.63, 3.8) is 0 Å². The van der Waals surface area contributed by atoms with Gasteiger partial charge in [0.2, 0.25) is 5.92 Å². The van der Waals surface area contributed by atoms with Crippen LogP contribution in [0.1, 0.15) is 50.2 Å². The molecular formula is C16H20F3N5. The van der Waals surface area contributed by atoms with Crippen molar-refractivity contribution in [3.8, 4) is 5.95 Å². The number of alkyl halides is 3. The summed E-state index contributed by atoms with van der Waals surface area (Å²) >= 11 is 0. The maximum absolute atomic E-state index is 13.7. The van der Waals surface area contributed by atoms with Crippen molar-refractivity contribution in [1.29, 1.82) is 0 Å². The second kappa shape index (κ2) is 6.41. The van der Waals surface area contributed by atoms with Crippen molar-refractivity contribution < 1.29 is 13.2 Å². The SMILES string of the molecule is Cc1ccn(-c2nc(NC3CCC(F)(F)CC3)cc(C(C)F)n2)n1. The highest BCUT2D eigenvalue weighted by molar-refractivity contribution is 5.40. The molecule has 3 rings (SSSR count). The minimum Gasteiger partial charge on any atom is -0.367 e. The van der Waals surface area contributed by atoms with Gasteiger partial charge in [0.25, 0.3) is 5.95 Å². The predicted molar refractivity (Wildman–Crippen MR) is 84.2 cm³/mol. The summed E-state index contributed by atoms with van der Waals surface area (Å²) in [7, 11) is 0. The Morgan fingerprint density at radius 1 is 1.29 bits per heavy atom. The number of aromatic nitrogens is 4. The Balaban J connectivity index is 1.83. The zero-order valence-corrected chi connectivity index (χ0v) is 13.6. The smallest absolute Gasteiger partial charge is 0.252 e. The maximum Gasteiger partial charge on any atom is 0.252 e. The Morgan fingerprint density at radius 2 is 2.00 bits per heavy atom. The molecule has 0 aromatic carbocycles. The quantitative estimate of drug-likeness (QED) is 0.915. The third-order valence-electron chi connectivity index (χ3n) is 4.14. The summed E-state index contributed by atoms with van der Waals surface area (Å²) < 4.78 is 41.7. The number of aryl methyl sites for hydroxylation is 1. The van der Waals surface area contributed by atoms with Crippen LogP contribution in [0.2, 0.25) is 0 Å². The van der Waals surface area contributed by atoms with E-state index < -0.39 is 12.1 Å². The first-order chi connectivity index (χ1) is 11.3. The van der Waals surface area contributed by atoms with Gasteiger partial charge in [0, 0.05) is 31.1 Å². The first kappa shape index (κ1) is 16.7. The normalized spacial score (nSPS) is 19.2. The van der Waals surface area contributed by atoms with E-state index >= 15 is 0 Å². The van der Waals surface area contributed by atoms with E-state index in [4.69, 9.17) is 0 Å². The van der Waals surface area contributed by atoms with Crippen LogP contribution in [-0.4, -0.2) is 31.7 Å². The van der Waals surface area contributed by atoms with E-state index in [1.54, 1.807) is 12.3 Å². The van der Waals surface area contributed by atoms with Crippen LogP contribution in [0.15, 0.2) is 18.3 Å². The summed E-state index contributed by atoms with van der Waals surface area (Å²) in [5.41, 5.74) is 1.03. The van der Waals surface area contributed by atoms with Crippen LogP contribution in [0.3, 0.4) is 0 Å². The van der Waals surface area contributed by atoms with Gasteiger partial charge in [-0.15, -0.1) is 0 Å². The van der Waals surface area contributed by atoms with Crippen molar-refractivity contribution in [3.05, 3.63) is 29.7 Å². The van der Waals surface area contributed by atoms with Gasteiger partial charge in [-0.1, -0.05) is 0 Å². The number of rotatable bonds is 4. The number of anilines is 1. The van der Waals surface area contributed by atoms with Gasteiger partial charge >= 0.3 is 0 Å². The molecule has 5 nitrogen and oxygen atoms in total. The molecule has 8 heteroatoms. The Bertz CT molecular complexity index is 703. The highest BCUT2D eigenvalue weighted by Gasteiger charge is 2.35. The van der Waals surface area contributed by atoms with Gasteiger partial charge in [0.05, 0.1) is 11.4 Å². The molecule has 0 spiro atoms. The van der Waals surface area contributed by atoms with E-state index in [-0.39, 0.29) is 30.5 Å². The lowest BCUT2D eigenvalue weighted by atomic mass is 9.92. The lowest BCUT2D eigenvalue weighted by Gasteiger charge is -2.29. The van der Waals surface area contributed by atoms with E-state index in [1.807, 2.05) is 6.92 Å². The van der Waals surface area contributed by atoms with Gasteiger partial charge in [-0.2, -0.15) is 10.1 Å². The molecule has 1 aliphatic rings. The van der Waals surface area contributed by atoms with E-state index in [1.165, 1.54) is 17.7 Å². The second-order valence-corrected chi connectivity index (χ2v) is 6.27. The third kappa shape index (κ3) is 3.85. The van der Waals surface area contributed by atoms with Crippen LogP contribution in [-0.2, 0) is 0 Å². The van der Waals surface area contributed by atoms with Gasteiger partial charge < -0.3 is 5.32 Å². The van der Waals surface area contributed by atoms with E-state index in [9.17, 15) is 13.2 Å². The van der Waals surface area contributed by atoms with Crippen molar-refractivity contribution in [2.45, 2.75) is 57.7 Å². The molecule has 1 saturated carbocycles. The third-order valence-corrected chi connectivity index (χ3v) is 4.14. The Kier molecular flexibility index (Phi) is 4.47. The number of nitrogens with one attached hydrogen (secondary N) is 1. The standard InChI is InChI=1S/C16H20F3N5/c1-10-5-8-24(23-10)15-21-13(11(2)17)9-14(22-15)20-12-3-6-16(18,19)7-4-12/h5,8-9,11-12H,3-4,6-7H2,1-2H3,(H,20,21,22). The minimum atomic E-state index is -2.58. The molecule has 1 atom stereocenters. The number of hydrogen-bond donors (Lipinski definition) is 1. The molecule has 1 unspecified atom stereocenters. The zero-order chi connectivity index (χ0) is 17.3. The fourth-order valence-electron chi connectivity index (χ4n) is 2.75. The van der Waals surface area contributed by atoms with Crippen molar-refractivity contribution >= 4 is 5.82 Å². The van der Waals surface area contributed by atoms with E-state index in [0.717, 1.165) is 5.69 Å². The Labute approximate surface area is 138 Å². The van der Waals surface area contributed by atoms with Crippen LogP contribution in [0.25, 0.3) is 5.95 Å². The van der Waals surface area contributed by atoms with E-state index in [0.29, 0.717) is 18.7 Å². The van der Waals surface area contributed by atoms with Crippen LogP contribution < -0.4 is 5.32 Å². The summed E-state index contributed by atoms with van der Waals surface area (Å²) in [6.07, 6.45) is 0.851. The van der Waals surface area contributed by atoms with Gasteiger partial charge in [-0.3, -0.25) is 0 Å². The monoisotopic (exact) mass is 339 g/mol. The maximum atomic E-state index is 13.7. The molecule has 2 heterocycles. The molecule has 1 N–H and O–H groups in total. The number of hydrogen-bond acceptors (Lipinski definition) is 4. The molecular weight excluding hydrogens is 319 g/mol. The fourth-order valence-corrected chi connectivity index (χ4v) is 2.75. The van der Waals surface area contributed by atoms with Gasteiger partial charge in [-0.05, 0) is 32.8 Å². The second-order valence-electron chi connectivity index (χ2n) is 6.27. The van der Waals surface area contributed by atoms with Crippen LogP contribution in [0, 0.1) is 6.92 Å². The first-order valence-corrected chi connectivity index (χ1v) is 8.02. The molecule has 2 aromatic heterocycles. The average molecular weight is 339 g/mol. The summed E-state index contributed by atoms with van der Waals surface area (Å²) in [5.74, 6) is -1.89. The molecule has 130 valence electrons. The molecule has 0 radical (unpaired) electrons. The highest BCUT2D eigenvalue weighted by Crippen LogP contribution is 2.34. The highest BCUT2D eigenvalue weighted by atomic mass is 19.3. The summed E-state index contributed by atoms with van der Waals surface area (Å²) in [5, 5.41) is 7.37. The summed E-state index contributed by atoms with van der Waals surface area (Å²) in [6, 6.07) is 3.22. The van der Waals surface area contributed by atoms with Gasteiger partial charge in [-0.25, -0.2) is 22.8 Å². The topological polar surface area (TPSA) is 55.6 Å². The van der Waals surface area contributed by atoms with Crippen molar-refractivity contribution in [2.75, 3.05) is 5.32 Å². The predicted octanol–water partition coefficient (Wildman–Crippen LogP) is 3.99. The van der Waals surface area contributed by atoms with Crippen LogP contribution in [0.4, 0.5) is 19.0 Å². The summed E-state index contributed by atoms with van der Waals surface area (Å²) in [6.45, 7) is 3.23. The van der Waals surface area contributed by atoms with E-state index in [2.05, 4.69) is 20.4 Å². The van der Waals surface area contributed by atoms with Crippen molar-refractivity contribution in [1.82, 2.24) is 19.7 Å². The largest absolute Gasteiger partial charge is 0.367 e. The fraction of sp³-hybridized carbons (Fsp3) is 0.562. The first-order valence-electron chi connectivity index (χ1n) is 8.02. The van der Waals surface area contributed by atoms with Crippen molar-refractivity contribution in [2.24, 2.45) is 0 Å². The van der Waals surface area contributed by atoms with Gasteiger partial charge in [0.1, 0.15) is 12.0 Å². The minimum absolute atomic E-state index is 0.102.